The molecule has 2 atom stereocenters. The Bertz CT molecular complexity index is 1740. The molecule has 1 N–H and O–H groups in total. The van der Waals surface area contributed by atoms with E-state index in [0.717, 1.165) is 51.4 Å². The Hall–Kier alpha value is -2.29. The van der Waals surface area contributed by atoms with Gasteiger partial charge in [0.25, 0.3) is 0 Å². The predicted octanol–water partition coefficient (Wildman–Crippen LogP) is 26.5. The molecule has 0 aliphatic heterocycles. The van der Waals surface area contributed by atoms with Crippen LogP contribution in [0.15, 0.2) is 60.8 Å². The number of allylic oxidation sites excluding steroid dienone is 10. The molecule has 0 fully saturated rings. The molecule has 0 aliphatic carbocycles. The Balaban J connectivity index is 3.90. The van der Waals surface area contributed by atoms with Gasteiger partial charge >= 0.3 is 19.8 Å². The van der Waals surface area contributed by atoms with Crippen molar-refractivity contribution in [3.8, 4) is 0 Å². The molecule has 10 heteroatoms. The molecule has 92 heavy (non-hydrogen) atoms. The minimum Gasteiger partial charge on any atom is -0.462 e. The Morgan fingerprint density at radius 1 is 0.337 bits per heavy atom. The number of phosphoric acid groups is 1. The van der Waals surface area contributed by atoms with E-state index in [1.807, 2.05) is 21.1 Å². The van der Waals surface area contributed by atoms with Crippen molar-refractivity contribution in [1.82, 2.24) is 0 Å². The van der Waals surface area contributed by atoms with E-state index in [9.17, 15) is 19.0 Å². The van der Waals surface area contributed by atoms with Crippen LogP contribution in [0.1, 0.15) is 399 Å². The molecule has 2 unspecified atom stereocenters. The largest absolute Gasteiger partial charge is 0.472 e. The van der Waals surface area contributed by atoms with Crippen molar-refractivity contribution in [2.45, 2.75) is 405 Å². The molecule has 0 bridgehead atoms. The van der Waals surface area contributed by atoms with E-state index in [1.165, 1.54) is 315 Å². The maximum Gasteiger partial charge on any atom is 0.472 e. The third-order valence-corrected chi connectivity index (χ3v) is 19.0. The zero-order valence-corrected chi connectivity index (χ0v) is 62.7. The highest BCUT2D eigenvalue weighted by molar-refractivity contribution is 7.47. The fourth-order valence-electron chi connectivity index (χ4n) is 11.9. The van der Waals surface area contributed by atoms with Gasteiger partial charge in [0.1, 0.15) is 19.8 Å². The molecule has 0 amide bonds. The van der Waals surface area contributed by atoms with Gasteiger partial charge in [-0.1, -0.05) is 364 Å². The monoisotopic (exact) mass is 1310 g/mol. The highest BCUT2D eigenvalue weighted by Gasteiger charge is 2.27. The molecule has 0 aromatic carbocycles. The molecule has 0 aromatic heterocycles. The Morgan fingerprint density at radius 3 is 0.870 bits per heavy atom. The van der Waals surface area contributed by atoms with Crippen molar-refractivity contribution < 1.29 is 42.1 Å². The summed E-state index contributed by atoms with van der Waals surface area (Å²) in [5, 5.41) is 0. The first-order valence-electron chi connectivity index (χ1n) is 40.0. The van der Waals surface area contributed by atoms with Crippen molar-refractivity contribution in [3.63, 3.8) is 0 Å². The molecule has 0 radical (unpaired) electrons. The smallest absolute Gasteiger partial charge is 0.462 e. The average molecular weight is 1310 g/mol. The van der Waals surface area contributed by atoms with Gasteiger partial charge in [-0.2, -0.15) is 0 Å². The molecule has 540 valence electrons. The summed E-state index contributed by atoms with van der Waals surface area (Å²) in [7, 11) is 1.50. The third-order valence-electron chi connectivity index (χ3n) is 18.0. The van der Waals surface area contributed by atoms with Crippen LogP contribution < -0.4 is 0 Å². The lowest BCUT2D eigenvalue weighted by atomic mass is 10.0. The molecule has 0 heterocycles. The van der Waals surface area contributed by atoms with Gasteiger partial charge in [-0.3, -0.25) is 18.6 Å². The molecule has 0 saturated heterocycles. The fourth-order valence-corrected chi connectivity index (χ4v) is 12.6. The summed E-state index contributed by atoms with van der Waals surface area (Å²) in [6, 6.07) is 0. The summed E-state index contributed by atoms with van der Waals surface area (Å²) >= 11 is 0. The first kappa shape index (κ1) is 89.7. The van der Waals surface area contributed by atoms with Gasteiger partial charge in [0.05, 0.1) is 27.7 Å². The number of phosphoric ester groups is 1. The van der Waals surface area contributed by atoms with E-state index in [0.29, 0.717) is 23.9 Å². The molecular weight excluding hydrogens is 1160 g/mol. The first-order chi connectivity index (χ1) is 45.0. The van der Waals surface area contributed by atoms with Crippen LogP contribution >= 0.6 is 7.82 Å². The highest BCUT2D eigenvalue weighted by atomic mass is 31.2. The number of nitrogens with zero attached hydrogens (tertiary/aromatic N) is 1. The maximum atomic E-state index is 12.9. The Kier molecular flexibility index (Phi) is 71.2. The third kappa shape index (κ3) is 76.7. The summed E-state index contributed by atoms with van der Waals surface area (Å²) in [5.74, 6) is -0.776. The lowest BCUT2D eigenvalue weighted by Crippen LogP contribution is -2.37. The van der Waals surface area contributed by atoms with Gasteiger partial charge in [0, 0.05) is 12.8 Å². The summed E-state index contributed by atoms with van der Waals surface area (Å²) in [4.78, 5) is 36.0. The molecule has 0 rings (SSSR count). The summed E-state index contributed by atoms with van der Waals surface area (Å²) < 4.78 is 34.8. The number of esters is 2. The second-order valence-electron chi connectivity index (χ2n) is 28.4. The quantitative estimate of drug-likeness (QED) is 0.0211. The number of carbonyl (C=O) groups excluding carboxylic acids is 2. The fraction of sp³-hybridized carbons (Fsp3) is 0.854. The minimum atomic E-state index is -4.39. The number of carbonyl (C=O) groups is 2. The van der Waals surface area contributed by atoms with Crippen LogP contribution in [0.3, 0.4) is 0 Å². The SMILES string of the molecule is CCCCCCC/C=C\C/C=C\C/C=C\CCCCCCCCCCCCCCCCCCCCCCCCCCCCC(=O)OC(COC(=O)CCCCCCCCCCCCCCCCC/C=C\C/C=C\CCCCCCC)COP(=O)(O)OCC[N+](C)(C)C. The van der Waals surface area contributed by atoms with Crippen LogP contribution in [0.4, 0.5) is 0 Å². The Labute approximate surface area is 572 Å². The van der Waals surface area contributed by atoms with Gasteiger partial charge in [-0.15, -0.1) is 0 Å². The molecule has 9 nitrogen and oxygen atoms in total. The number of rotatable bonds is 75. The zero-order chi connectivity index (χ0) is 66.9. The Morgan fingerprint density at radius 2 is 0.587 bits per heavy atom. The predicted molar refractivity (Wildman–Crippen MR) is 400 cm³/mol. The standard InChI is InChI=1S/C82H154NO8P/c1-6-8-10-12-14-16-18-20-22-24-26-28-30-32-34-35-36-37-38-39-40-41-42-43-44-45-46-47-49-51-53-55-57-59-61-63-65-67-69-71-73-75-82(85)91-80(79-90-92(86,87)89-77-76-83(3,4)5)78-88-81(84)74-72-70-68-66-64-62-60-58-56-54-52-50-48-33-31-29-27-25-23-21-19-17-15-13-11-9-7-2/h18-21,24-27,30,32,80H,6-17,22-23,28-29,31,33-79H2,1-5H3/p+1/b20-18-,21-19-,26-24-,27-25-,32-30-. The number of likely N-dealkylation sites (N-methyl/N-ethyl adjacent to an activating group) is 1. The van der Waals surface area contributed by atoms with E-state index in [2.05, 4.69) is 74.6 Å². The number of hydrogen-bond acceptors (Lipinski definition) is 7. The second-order valence-corrected chi connectivity index (χ2v) is 29.9. The highest BCUT2D eigenvalue weighted by Crippen LogP contribution is 2.43. The van der Waals surface area contributed by atoms with Crippen molar-refractivity contribution >= 4 is 19.8 Å². The summed E-state index contributed by atoms with van der Waals surface area (Å²) in [6.45, 7) is 4.48. The summed E-state index contributed by atoms with van der Waals surface area (Å²) in [6.07, 6.45) is 98.0. The molecule has 0 aliphatic rings. The lowest BCUT2D eigenvalue weighted by Gasteiger charge is -2.24. The lowest BCUT2D eigenvalue weighted by molar-refractivity contribution is -0.870. The number of quaternary nitrogens is 1. The van der Waals surface area contributed by atoms with Crippen molar-refractivity contribution in [2.75, 3.05) is 47.5 Å². The molecule has 0 spiro atoms. The van der Waals surface area contributed by atoms with Crippen molar-refractivity contribution in [3.05, 3.63) is 60.8 Å². The van der Waals surface area contributed by atoms with Crippen molar-refractivity contribution in [1.29, 1.82) is 0 Å². The maximum absolute atomic E-state index is 12.9. The van der Waals surface area contributed by atoms with Crippen LogP contribution in [0.2, 0.25) is 0 Å². The topological polar surface area (TPSA) is 108 Å². The first-order valence-corrected chi connectivity index (χ1v) is 41.5. The van der Waals surface area contributed by atoms with Crippen molar-refractivity contribution in [2.24, 2.45) is 0 Å². The van der Waals surface area contributed by atoms with Crippen LogP contribution in [0, 0.1) is 0 Å². The normalized spacial score (nSPS) is 13.3. The number of ether oxygens (including phenoxy) is 2. The van der Waals surface area contributed by atoms with Crippen LogP contribution in [-0.2, 0) is 32.7 Å². The van der Waals surface area contributed by atoms with E-state index in [4.69, 9.17) is 18.5 Å². The van der Waals surface area contributed by atoms with Gasteiger partial charge in [-0.25, -0.2) is 4.57 Å². The van der Waals surface area contributed by atoms with E-state index >= 15 is 0 Å². The van der Waals surface area contributed by atoms with Crippen LogP contribution in [0.5, 0.6) is 0 Å². The zero-order valence-electron chi connectivity index (χ0n) is 61.8. The number of hydrogen-bond donors (Lipinski definition) is 1. The minimum absolute atomic E-state index is 0.0336. The van der Waals surface area contributed by atoms with E-state index < -0.39 is 26.5 Å². The van der Waals surface area contributed by atoms with Gasteiger partial charge in [0.15, 0.2) is 6.10 Å². The average Bonchev–Trinajstić information content (AvgIpc) is 2.23. The van der Waals surface area contributed by atoms with E-state index in [1.54, 1.807) is 0 Å². The van der Waals surface area contributed by atoms with E-state index in [-0.39, 0.29) is 25.6 Å². The molecule has 0 aromatic rings. The van der Waals surface area contributed by atoms with Gasteiger partial charge in [0.2, 0.25) is 0 Å². The second kappa shape index (κ2) is 73.0. The van der Waals surface area contributed by atoms with Gasteiger partial charge in [-0.05, 0) is 83.5 Å². The number of unbranched alkanes of at least 4 members (excludes halogenated alkanes) is 51. The van der Waals surface area contributed by atoms with Crippen LogP contribution in [0.25, 0.3) is 0 Å². The van der Waals surface area contributed by atoms with Gasteiger partial charge < -0.3 is 18.9 Å². The summed E-state index contributed by atoms with van der Waals surface area (Å²) in [5.41, 5.74) is 0. The van der Waals surface area contributed by atoms with Crippen LogP contribution in [-0.4, -0.2) is 74.9 Å². The molecule has 0 saturated carbocycles. The molecular formula is C82H155NO8P+.